The molecule has 0 atom stereocenters. The van der Waals surface area contributed by atoms with E-state index in [2.05, 4.69) is 0 Å². The van der Waals surface area contributed by atoms with E-state index < -0.39 is 44.6 Å². The molecule has 8 heavy (non-hydrogen) atoms. The van der Waals surface area contributed by atoms with Crippen LogP contribution in [0.2, 0.25) is 0 Å². The van der Waals surface area contributed by atoms with Gasteiger partial charge in [0.25, 0.3) is 0 Å². The minimum absolute atomic E-state index is 2.51. The minimum atomic E-state index is -6.02. The Balaban J connectivity index is 0. The van der Waals surface area contributed by atoms with E-state index >= 15 is 0 Å². The molecule has 0 aromatic rings. The van der Waals surface area contributed by atoms with Gasteiger partial charge in [0.05, 0.1) is 0 Å². The molecule has 0 spiro atoms. The van der Waals surface area contributed by atoms with Gasteiger partial charge in [-0.1, -0.05) is 0 Å². The fraction of sp³-hybridized carbons (Fsp3) is 0. The second-order valence-electron chi connectivity index (χ2n) is 0.492. The molecule has 0 aliphatic carbocycles. The van der Waals surface area contributed by atoms with Gasteiger partial charge in [0.2, 0.25) is 0 Å². The molecular weight excluding hydrogens is 430 g/mol. The van der Waals surface area contributed by atoms with E-state index in [1.54, 1.807) is 0 Å². The molecule has 0 rings (SSSR count). The monoisotopic (exact) mass is 432 g/mol. The van der Waals surface area contributed by atoms with Crippen LogP contribution in [0.1, 0.15) is 0 Å². The first-order valence-electron chi connectivity index (χ1n) is 1.07. The normalized spacial score (nSPS) is 8.25. The van der Waals surface area contributed by atoms with E-state index in [-0.39, 0.29) is 0 Å². The van der Waals surface area contributed by atoms with Crippen molar-refractivity contribution in [1.82, 2.24) is 0 Å². The zero-order valence-electron chi connectivity index (χ0n) is 3.36. The Labute approximate surface area is 62.8 Å². The Bertz CT molecular complexity index is 149. The molecule has 0 aliphatic rings. The van der Waals surface area contributed by atoms with Crippen molar-refractivity contribution in [2.24, 2.45) is 0 Å². The molecule has 0 aliphatic heterocycles. The number of hydrogen-bond donors (Lipinski definition) is 0. The van der Waals surface area contributed by atoms with Crippen LogP contribution in [0.25, 0.3) is 0 Å². The maximum atomic E-state index is 8.63. The van der Waals surface area contributed by atoms with Gasteiger partial charge in [-0.15, -0.1) is 0 Å². The predicted molar refractivity (Wildman–Crippen MR) is 2.75 cm³/mol. The van der Waals surface area contributed by atoms with E-state index in [1.165, 1.54) is 0 Å². The summed E-state index contributed by atoms with van der Waals surface area (Å²) in [7, 11) is 0. The molecule has 0 fully saturated rings. The SMILES string of the molecule is [O]=[Mo](=[O])([O-])[O-].[O]=[U+2]=[O]. The third-order valence-electron chi connectivity index (χ3n) is 0. The van der Waals surface area contributed by atoms with Gasteiger partial charge < -0.3 is 0 Å². The van der Waals surface area contributed by atoms with Crippen LogP contribution in [0.15, 0.2) is 0 Å². The maximum absolute atomic E-state index is 8.63. The molecule has 0 amide bonds. The van der Waals surface area contributed by atoms with Crippen molar-refractivity contribution < 1.29 is 63.4 Å². The van der Waals surface area contributed by atoms with Gasteiger partial charge >= 0.3 is 63.4 Å². The second kappa shape index (κ2) is 5.99. The first-order valence-corrected chi connectivity index (χ1v) is 7.75. The van der Waals surface area contributed by atoms with E-state index in [0.29, 0.717) is 0 Å². The van der Waals surface area contributed by atoms with Crippen molar-refractivity contribution in [1.29, 1.82) is 0 Å². The van der Waals surface area contributed by atoms with Crippen LogP contribution in [0.5, 0.6) is 0 Å². The summed E-state index contributed by atoms with van der Waals surface area (Å²) >= 11 is -8.53. The van der Waals surface area contributed by atoms with Gasteiger partial charge in [-0.25, -0.2) is 0 Å². The summed E-state index contributed by atoms with van der Waals surface area (Å²) in [6.07, 6.45) is 0. The predicted octanol–water partition coefficient (Wildman–Crippen LogP) is -2.86. The average molecular weight is 430 g/mol. The molecule has 6 nitrogen and oxygen atoms in total. The summed E-state index contributed by atoms with van der Waals surface area (Å²) in [4.78, 5) is 0. The van der Waals surface area contributed by atoms with Gasteiger partial charge in [0, 0.05) is 0 Å². The summed E-state index contributed by atoms with van der Waals surface area (Å²) < 4.78 is 51.7. The van der Waals surface area contributed by atoms with Crippen molar-refractivity contribution in [3.8, 4) is 0 Å². The zero-order valence-corrected chi connectivity index (χ0v) is 9.53. The van der Waals surface area contributed by atoms with E-state index in [4.69, 9.17) is 18.8 Å². The average Bonchev–Trinajstić information content (AvgIpc) is 1.27. The molecule has 0 saturated carbocycles. The van der Waals surface area contributed by atoms with E-state index in [0.717, 1.165) is 0 Å². The Morgan fingerprint density at radius 2 is 1.12 bits per heavy atom. The molecule has 0 N–H and O–H groups in total. The van der Waals surface area contributed by atoms with Crippen LogP contribution in [-0.4, -0.2) is 0 Å². The first kappa shape index (κ1) is 11.6. The molecule has 0 unspecified atom stereocenters. The topological polar surface area (TPSA) is 114 Å². The molecule has 0 heterocycles. The van der Waals surface area contributed by atoms with Crippen molar-refractivity contribution in [2.75, 3.05) is 0 Å². The van der Waals surface area contributed by atoms with Crippen LogP contribution in [-0.2, 0) is 28.0 Å². The quantitative estimate of drug-likeness (QED) is 0.383. The first-order chi connectivity index (χ1) is 3.41. The summed E-state index contributed by atoms with van der Waals surface area (Å²) in [5, 5.41) is 0. The second-order valence-corrected chi connectivity index (χ2v) is 3.19. The van der Waals surface area contributed by atoms with E-state index in [1.807, 2.05) is 0 Å². The molecule has 46 valence electrons. The van der Waals surface area contributed by atoms with Crippen molar-refractivity contribution >= 4 is 0 Å². The Hall–Kier alpha value is 0.860. The molecular formula is MoO6U. The van der Waals surface area contributed by atoms with Crippen molar-refractivity contribution in [3.05, 3.63) is 0 Å². The zero-order chi connectivity index (χ0) is 7.21. The van der Waals surface area contributed by atoms with Gasteiger partial charge in [-0.3, -0.25) is 0 Å². The standard InChI is InChI=1S/Mo.6O.U/q;;;;;2*-1;+2. The fourth-order valence-corrected chi connectivity index (χ4v) is 0. The molecule has 8 heteroatoms. The van der Waals surface area contributed by atoms with Crippen LogP contribution < -0.4 is 7.52 Å². The van der Waals surface area contributed by atoms with Crippen LogP contribution in [0, 0.1) is 27.8 Å². The van der Waals surface area contributed by atoms with Gasteiger partial charge in [-0.05, 0) is 0 Å². The third-order valence-corrected chi connectivity index (χ3v) is 0. The Morgan fingerprint density at radius 1 is 1.12 bits per heavy atom. The summed E-state index contributed by atoms with van der Waals surface area (Å²) in [5.74, 6) is 0. The molecule has 0 radical (unpaired) electrons. The fourth-order valence-electron chi connectivity index (χ4n) is 0. The third kappa shape index (κ3) is 318. The Morgan fingerprint density at radius 3 is 1.12 bits per heavy atom. The molecule has 0 bridgehead atoms. The summed E-state index contributed by atoms with van der Waals surface area (Å²) in [5.41, 5.74) is 0. The van der Waals surface area contributed by atoms with Crippen LogP contribution in [0.3, 0.4) is 0 Å². The van der Waals surface area contributed by atoms with Crippen molar-refractivity contribution in [2.45, 2.75) is 0 Å². The molecule has 0 saturated heterocycles. The van der Waals surface area contributed by atoms with Gasteiger partial charge in [-0.2, -0.15) is 0 Å². The van der Waals surface area contributed by atoms with Crippen LogP contribution >= 0.6 is 0 Å². The summed E-state index contributed by atoms with van der Waals surface area (Å²) in [6.45, 7) is 0. The Kier molecular flexibility index (Phi) is 8.71. The van der Waals surface area contributed by atoms with E-state index in [9.17, 15) is 0 Å². The summed E-state index contributed by atoms with van der Waals surface area (Å²) in [6, 6.07) is 0. The molecule has 0 aromatic heterocycles. The number of hydrogen-bond acceptors (Lipinski definition) is 6. The van der Waals surface area contributed by atoms with Gasteiger partial charge in [0.1, 0.15) is 0 Å². The number of rotatable bonds is 0. The van der Waals surface area contributed by atoms with Crippen molar-refractivity contribution in [3.63, 3.8) is 0 Å². The molecule has 0 aromatic carbocycles. The van der Waals surface area contributed by atoms with Crippen LogP contribution in [0.4, 0.5) is 0 Å². The van der Waals surface area contributed by atoms with Gasteiger partial charge in [0.15, 0.2) is 0 Å².